The highest BCUT2D eigenvalue weighted by Gasteiger charge is 2.31. The first-order valence-electron chi connectivity index (χ1n) is 15.7. The van der Waals surface area contributed by atoms with Crippen molar-refractivity contribution >= 4 is 21.8 Å². The molecule has 2 amide bonds. The maximum Gasteiger partial charge on any atom is 0.243 e. The van der Waals surface area contributed by atoms with Crippen molar-refractivity contribution < 1.29 is 27.5 Å². The molecule has 0 bridgehead atoms. The van der Waals surface area contributed by atoms with Crippen LogP contribution in [0.2, 0.25) is 0 Å². The molecule has 2 N–H and O–H groups in total. The summed E-state index contributed by atoms with van der Waals surface area (Å²) in [5, 5.41) is 3.05. The maximum absolute atomic E-state index is 14.1. The van der Waals surface area contributed by atoms with Gasteiger partial charge in [0, 0.05) is 37.5 Å². The van der Waals surface area contributed by atoms with E-state index in [2.05, 4.69) is 10.0 Å². The molecule has 1 aliphatic carbocycles. The molecule has 0 radical (unpaired) electrons. The number of hydrogen-bond donors (Lipinski definition) is 2. The number of para-hydroxylation sites is 1. The van der Waals surface area contributed by atoms with Crippen LogP contribution in [0.4, 0.5) is 0 Å². The number of ether oxygens (including phenoxy) is 2. The molecule has 10 heteroatoms. The van der Waals surface area contributed by atoms with Gasteiger partial charge in [-0.25, -0.2) is 13.1 Å². The van der Waals surface area contributed by atoms with Gasteiger partial charge in [0.15, 0.2) is 0 Å². The number of nitrogens with zero attached hydrogens (tertiary/aromatic N) is 1. The molecule has 1 atom stereocenters. The van der Waals surface area contributed by atoms with E-state index in [0.717, 1.165) is 35.1 Å². The zero-order valence-corrected chi connectivity index (χ0v) is 27.5. The van der Waals surface area contributed by atoms with Crippen molar-refractivity contribution in [2.75, 3.05) is 14.2 Å². The first kappa shape index (κ1) is 33.7. The highest BCUT2D eigenvalue weighted by Crippen LogP contribution is 2.23. The van der Waals surface area contributed by atoms with Crippen LogP contribution in [-0.4, -0.2) is 51.4 Å². The number of methoxy groups -OCH3 is 2. The number of benzene rings is 4. The van der Waals surface area contributed by atoms with E-state index in [1.54, 1.807) is 43.4 Å². The minimum atomic E-state index is -3.57. The minimum Gasteiger partial charge on any atom is -0.497 e. The summed E-state index contributed by atoms with van der Waals surface area (Å²) in [6.45, 7) is 0.454. The Morgan fingerprint density at radius 1 is 0.809 bits per heavy atom. The van der Waals surface area contributed by atoms with Crippen LogP contribution >= 0.6 is 0 Å². The van der Waals surface area contributed by atoms with Crippen molar-refractivity contribution in [3.8, 4) is 11.5 Å². The molecule has 9 nitrogen and oxygen atoms in total. The number of carbonyl (C=O) groups excluding carboxylic acids is 2. The molecule has 1 fully saturated rings. The monoisotopic (exact) mass is 655 g/mol. The summed E-state index contributed by atoms with van der Waals surface area (Å²) >= 11 is 0. The van der Waals surface area contributed by atoms with Gasteiger partial charge in [-0.3, -0.25) is 9.59 Å². The molecule has 0 heterocycles. The molecule has 246 valence electrons. The number of nitrogens with one attached hydrogen (secondary N) is 2. The number of amides is 2. The Hall–Kier alpha value is -4.67. The Morgan fingerprint density at radius 3 is 2.13 bits per heavy atom. The van der Waals surface area contributed by atoms with Crippen LogP contribution in [-0.2, 0) is 45.5 Å². The molecule has 0 saturated heterocycles. The zero-order valence-electron chi connectivity index (χ0n) is 26.7. The third kappa shape index (κ3) is 9.43. The average molecular weight is 656 g/mol. The van der Waals surface area contributed by atoms with Gasteiger partial charge in [0.2, 0.25) is 21.8 Å². The third-order valence-corrected chi connectivity index (χ3v) is 9.73. The second-order valence-corrected chi connectivity index (χ2v) is 13.4. The lowest BCUT2D eigenvalue weighted by molar-refractivity contribution is -0.141. The van der Waals surface area contributed by atoms with Gasteiger partial charge in [0.25, 0.3) is 0 Å². The van der Waals surface area contributed by atoms with Crippen molar-refractivity contribution in [1.29, 1.82) is 0 Å². The summed E-state index contributed by atoms with van der Waals surface area (Å²) in [5.41, 5.74) is 3.43. The topological polar surface area (TPSA) is 114 Å². The van der Waals surface area contributed by atoms with E-state index < -0.39 is 16.1 Å². The maximum atomic E-state index is 14.1. The second kappa shape index (κ2) is 15.8. The molecule has 47 heavy (non-hydrogen) atoms. The summed E-state index contributed by atoms with van der Waals surface area (Å²) in [6, 6.07) is 30.4. The van der Waals surface area contributed by atoms with Crippen molar-refractivity contribution in [3.05, 3.63) is 125 Å². The van der Waals surface area contributed by atoms with Gasteiger partial charge in [-0.1, -0.05) is 72.8 Å². The van der Waals surface area contributed by atoms with E-state index >= 15 is 0 Å². The Bertz CT molecular complexity index is 1740. The smallest absolute Gasteiger partial charge is 0.243 e. The molecular weight excluding hydrogens is 614 g/mol. The van der Waals surface area contributed by atoms with E-state index in [4.69, 9.17) is 9.47 Å². The summed E-state index contributed by atoms with van der Waals surface area (Å²) in [5.74, 6) is 0.890. The van der Waals surface area contributed by atoms with Crippen molar-refractivity contribution in [2.45, 2.75) is 62.2 Å². The van der Waals surface area contributed by atoms with E-state index in [1.165, 1.54) is 0 Å². The molecule has 0 spiro atoms. The molecule has 1 saturated carbocycles. The van der Waals surface area contributed by atoms with Crippen LogP contribution in [0.15, 0.2) is 108 Å². The lowest BCUT2D eigenvalue weighted by Gasteiger charge is -2.32. The summed E-state index contributed by atoms with van der Waals surface area (Å²) in [6.07, 6.45) is 2.55. The van der Waals surface area contributed by atoms with E-state index in [-0.39, 0.29) is 42.3 Å². The van der Waals surface area contributed by atoms with Gasteiger partial charge < -0.3 is 19.7 Å². The highest BCUT2D eigenvalue weighted by atomic mass is 32.2. The number of hydrogen-bond acceptors (Lipinski definition) is 6. The van der Waals surface area contributed by atoms with Gasteiger partial charge >= 0.3 is 0 Å². The van der Waals surface area contributed by atoms with Crippen LogP contribution in [0.25, 0.3) is 0 Å². The van der Waals surface area contributed by atoms with Crippen molar-refractivity contribution in [1.82, 2.24) is 14.9 Å². The molecule has 4 aromatic carbocycles. The fourth-order valence-electron chi connectivity index (χ4n) is 5.35. The summed E-state index contributed by atoms with van der Waals surface area (Å²) in [4.78, 5) is 30.0. The number of sulfonamides is 1. The van der Waals surface area contributed by atoms with Gasteiger partial charge in [0.1, 0.15) is 17.5 Å². The van der Waals surface area contributed by atoms with Crippen LogP contribution in [0.3, 0.4) is 0 Å². The fraction of sp³-hybridized carbons (Fsp3) is 0.297. The number of carbonyl (C=O) groups is 2. The quantitative estimate of drug-likeness (QED) is 0.175. The summed E-state index contributed by atoms with van der Waals surface area (Å²) in [7, 11) is -0.381. The van der Waals surface area contributed by atoms with Crippen LogP contribution < -0.4 is 19.5 Å². The lowest BCUT2D eigenvalue weighted by atomic mass is 10.0. The van der Waals surface area contributed by atoms with E-state index in [1.807, 2.05) is 78.9 Å². The first-order valence-corrected chi connectivity index (χ1v) is 17.2. The van der Waals surface area contributed by atoms with Crippen LogP contribution in [0.5, 0.6) is 11.5 Å². The standard InChI is InChI=1S/C37H41N3O6S/c1-45-32-19-12-29(13-20-32)26-40(36(41)23-16-27-14-21-33(22-15-27)47(43,44)39-31-17-18-31)34(24-28-8-4-3-5-9-28)37(42)38-25-30-10-6-7-11-35(30)46-2/h3-15,19-22,31,34,39H,16-18,23-26H2,1-2H3,(H,38,42)/t34-/m0/s1. The Morgan fingerprint density at radius 2 is 1.47 bits per heavy atom. The predicted molar refractivity (Wildman–Crippen MR) is 180 cm³/mol. The molecule has 0 unspecified atom stereocenters. The molecular formula is C37H41N3O6S. The van der Waals surface area contributed by atoms with E-state index in [0.29, 0.717) is 24.3 Å². The van der Waals surface area contributed by atoms with Gasteiger partial charge in [0.05, 0.1) is 19.1 Å². The normalized spacial score (nSPS) is 13.4. The number of rotatable bonds is 16. The molecule has 1 aliphatic rings. The third-order valence-electron chi connectivity index (χ3n) is 8.19. The number of aryl methyl sites for hydroxylation is 1. The van der Waals surface area contributed by atoms with Crippen LogP contribution in [0.1, 0.15) is 41.5 Å². The van der Waals surface area contributed by atoms with Crippen molar-refractivity contribution in [3.63, 3.8) is 0 Å². The van der Waals surface area contributed by atoms with Gasteiger partial charge in [-0.05, 0) is 66.3 Å². The van der Waals surface area contributed by atoms with E-state index in [9.17, 15) is 18.0 Å². The van der Waals surface area contributed by atoms with Crippen LogP contribution in [0, 0.1) is 0 Å². The highest BCUT2D eigenvalue weighted by molar-refractivity contribution is 7.89. The Labute approximate surface area is 277 Å². The average Bonchev–Trinajstić information content (AvgIpc) is 3.92. The second-order valence-electron chi connectivity index (χ2n) is 11.6. The molecule has 4 aromatic rings. The zero-order chi connectivity index (χ0) is 33.2. The largest absolute Gasteiger partial charge is 0.497 e. The van der Waals surface area contributed by atoms with Gasteiger partial charge in [-0.15, -0.1) is 0 Å². The van der Waals surface area contributed by atoms with Gasteiger partial charge in [-0.2, -0.15) is 0 Å². The predicted octanol–water partition coefficient (Wildman–Crippen LogP) is 5.03. The fourth-order valence-corrected chi connectivity index (χ4v) is 6.65. The SMILES string of the molecule is COc1ccc(CN(C(=O)CCc2ccc(S(=O)(=O)NC3CC3)cc2)[C@@H](Cc2ccccc2)C(=O)NCc2ccccc2OC)cc1. The first-order chi connectivity index (χ1) is 22.8. The van der Waals surface area contributed by atoms with Crippen molar-refractivity contribution in [2.24, 2.45) is 0 Å². The molecule has 0 aromatic heterocycles. The molecule has 0 aliphatic heterocycles. The summed E-state index contributed by atoms with van der Waals surface area (Å²) < 4.78 is 38.7. The Balaban J connectivity index is 1.38. The lowest BCUT2D eigenvalue weighted by Crippen LogP contribution is -2.50. The Kier molecular flexibility index (Phi) is 11.3. The minimum absolute atomic E-state index is 0.0183. The molecule has 5 rings (SSSR count).